The number of halogens is 1. The molecule has 0 aliphatic heterocycles. The predicted molar refractivity (Wildman–Crippen MR) is 122 cm³/mol. The van der Waals surface area contributed by atoms with Gasteiger partial charge in [0.15, 0.2) is 0 Å². The van der Waals surface area contributed by atoms with Gasteiger partial charge in [-0.15, -0.1) is 0 Å². The molecule has 0 saturated heterocycles. The van der Waals surface area contributed by atoms with E-state index in [0.29, 0.717) is 28.1 Å². The van der Waals surface area contributed by atoms with E-state index in [4.69, 9.17) is 9.47 Å². The number of rotatable bonds is 8. The summed E-state index contributed by atoms with van der Waals surface area (Å²) in [6.07, 6.45) is 1.43. The summed E-state index contributed by atoms with van der Waals surface area (Å²) in [5.74, 6) is -0.935. The van der Waals surface area contributed by atoms with Gasteiger partial charge in [0, 0.05) is 11.3 Å². The lowest BCUT2D eigenvalue weighted by atomic mass is 10.1. The maximum atomic E-state index is 13.8. The number of carbonyl (C=O) groups is 2. The molecule has 0 fully saturated rings. The second-order valence-corrected chi connectivity index (χ2v) is 6.87. The molecular formula is C26H21FN2O4. The molecule has 0 saturated carbocycles. The van der Waals surface area contributed by atoms with Crippen molar-refractivity contribution in [3.63, 3.8) is 0 Å². The highest BCUT2D eigenvalue weighted by Gasteiger charge is 2.11. The molecule has 0 bridgehead atoms. The third kappa shape index (κ3) is 6.52. The van der Waals surface area contributed by atoms with Gasteiger partial charge >= 0.3 is 5.97 Å². The van der Waals surface area contributed by atoms with Crippen molar-refractivity contribution in [2.24, 2.45) is 0 Å². The Bertz CT molecular complexity index is 1210. The predicted octanol–water partition coefficient (Wildman–Crippen LogP) is 5.13. The molecule has 3 rings (SSSR count). The maximum Gasteiger partial charge on any atom is 0.338 e. The Morgan fingerprint density at radius 3 is 2.52 bits per heavy atom. The number of hydrogen-bond acceptors (Lipinski definition) is 5. The monoisotopic (exact) mass is 444 g/mol. The molecule has 0 aromatic heterocycles. The number of carbonyl (C=O) groups excluding carboxylic acids is 2. The van der Waals surface area contributed by atoms with Crippen LogP contribution in [0.3, 0.4) is 0 Å². The van der Waals surface area contributed by atoms with Crippen LogP contribution in [0.2, 0.25) is 0 Å². The van der Waals surface area contributed by atoms with Gasteiger partial charge in [0.2, 0.25) is 0 Å². The van der Waals surface area contributed by atoms with E-state index in [1.807, 2.05) is 6.07 Å². The second kappa shape index (κ2) is 11.3. The van der Waals surface area contributed by atoms with Crippen molar-refractivity contribution in [1.29, 1.82) is 5.26 Å². The van der Waals surface area contributed by atoms with Gasteiger partial charge in [-0.2, -0.15) is 5.26 Å². The van der Waals surface area contributed by atoms with Crippen LogP contribution in [0.5, 0.6) is 5.75 Å². The fourth-order valence-electron chi connectivity index (χ4n) is 2.89. The van der Waals surface area contributed by atoms with Crippen LogP contribution < -0.4 is 10.1 Å². The van der Waals surface area contributed by atoms with E-state index >= 15 is 0 Å². The lowest BCUT2D eigenvalue weighted by Gasteiger charge is -2.08. The molecule has 166 valence electrons. The molecule has 1 amide bonds. The quantitative estimate of drug-likeness (QED) is 0.296. The zero-order valence-corrected chi connectivity index (χ0v) is 17.9. The van der Waals surface area contributed by atoms with Gasteiger partial charge in [0.1, 0.15) is 29.8 Å². The zero-order chi connectivity index (χ0) is 23.6. The molecule has 7 heteroatoms. The van der Waals surface area contributed by atoms with Crippen molar-refractivity contribution in [3.8, 4) is 11.8 Å². The van der Waals surface area contributed by atoms with Crippen molar-refractivity contribution in [2.75, 3.05) is 11.9 Å². The number of nitrogens with zero attached hydrogens (tertiary/aromatic N) is 1. The summed E-state index contributed by atoms with van der Waals surface area (Å²) in [7, 11) is 0. The van der Waals surface area contributed by atoms with Crippen molar-refractivity contribution >= 4 is 23.6 Å². The molecule has 1 N–H and O–H groups in total. The summed E-state index contributed by atoms with van der Waals surface area (Å²) in [5, 5.41) is 12.1. The number of nitriles is 1. The molecule has 0 atom stereocenters. The Labute approximate surface area is 190 Å². The topological polar surface area (TPSA) is 88.4 Å². The van der Waals surface area contributed by atoms with Crippen molar-refractivity contribution in [1.82, 2.24) is 0 Å². The minimum absolute atomic E-state index is 0.0488. The molecule has 0 aliphatic rings. The van der Waals surface area contributed by atoms with E-state index in [1.54, 1.807) is 61.5 Å². The first-order valence-electron chi connectivity index (χ1n) is 10.2. The minimum Gasteiger partial charge on any atom is -0.489 e. The van der Waals surface area contributed by atoms with Crippen LogP contribution in [0.1, 0.15) is 28.4 Å². The number of hydrogen-bond donors (Lipinski definition) is 1. The van der Waals surface area contributed by atoms with Crippen LogP contribution in [-0.4, -0.2) is 18.5 Å². The Kier molecular flexibility index (Phi) is 7.92. The van der Waals surface area contributed by atoms with E-state index < -0.39 is 11.9 Å². The maximum absolute atomic E-state index is 13.8. The highest BCUT2D eigenvalue weighted by molar-refractivity contribution is 6.09. The molecule has 0 aliphatic carbocycles. The smallest absolute Gasteiger partial charge is 0.338 e. The number of anilines is 1. The largest absolute Gasteiger partial charge is 0.489 e. The van der Waals surface area contributed by atoms with Crippen LogP contribution in [0, 0.1) is 17.1 Å². The molecule has 0 radical (unpaired) electrons. The standard InChI is InChI=1S/C26H21FN2O4/c1-2-32-26(31)19-10-12-22(13-11-19)29-25(30)21(16-28)14-18-6-5-8-23(15-18)33-17-20-7-3-4-9-24(20)27/h3-15H,2,17H2,1H3,(H,29,30)/b21-14-. The summed E-state index contributed by atoms with van der Waals surface area (Å²) < 4.78 is 24.3. The molecule has 6 nitrogen and oxygen atoms in total. The first kappa shape index (κ1) is 23.2. The van der Waals surface area contributed by atoms with E-state index in [-0.39, 0.29) is 24.6 Å². The Hall–Kier alpha value is -4.44. The molecule has 3 aromatic carbocycles. The highest BCUT2D eigenvalue weighted by atomic mass is 19.1. The average molecular weight is 444 g/mol. The summed E-state index contributed by atoms with van der Waals surface area (Å²) >= 11 is 0. The van der Waals surface area contributed by atoms with Gasteiger partial charge in [-0.25, -0.2) is 9.18 Å². The first-order chi connectivity index (χ1) is 16.0. The normalized spacial score (nSPS) is 10.8. The molecule has 0 unspecified atom stereocenters. The molecule has 0 spiro atoms. The van der Waals surface area contributed by atoms with E-state index in [1.165, 1.54) is 24.3 Å². The fourth-order valence-corrected chi connectivity index (χ4v) is 2.89. The van der Waals surface area contributed by atoms with Gasteiger partial charge in [-0.1, -0.05) is 30.3 Å². The third-order valence-electron chi connectivity index (χ3n) is 4.54. The number of nitrogens with one attached hydrogen (secondary N) is 1. The second-order valence-electron chi connectivity index (χ2n) is 6.87. The van der Waals surface area contributed by atoms with Gasteiger partial charge in [0.05, 0.1) is 12.2 Å². The summed E-state index contributed by atoms with van der Waals surface area (Å²) in [5.41, 5.74) is 1.67. The van der Waals surface area contributed by atoms with Gasteiger partial charge in [-0.05, 0) is 61.0 Å². The number of benzene rings is 3. The third-order valence-corrected chi connectivity index (χ3v) is 4.54. The Morgan fingerprint density at radius 2 is 1.82 bits per heavy atom. The zero-order valence-electron chi connectivity index (χ0n) is 17.9. The number of esters is 1. The van der Waals surface area contributed by atoms with Crippen molar-refractivity contribution in [2.45, 2.75) is 13.5 Å². The van der Waals surface area contributed by atoms with Gasteiger partial charge in [0.25, 0.3) is 5.91 Å². The van der Waals surface area contributed by atoms with Crippen LogP contribution in [0.25, 0.3) is 6.08 Å². The molecule has 0 heterocycles. The average Bonchev–Trinajstić information content (AvgIpc) is 2.83. The van der Waals surface area contributed by atoms with Gasteiger partial charge < -0.3 is 14.8 Å². The summed E-state index contributed by atoms with van der Waals surface area (Å²) in [6, 6.07) is 21.2. The summed E-state index contributed by atoms with van der Waals surface area (Å²) in [4.78, 5) is 24.3. The lowest BCUT2D eigenvalue weighted by molar-refractivity contribution is -0.112. The Morgan fingerprint density at radius 1 is 1.06 bits per heavy atom. The number of ether oxygens (including phenoxy) is 2. The SMILES string of the molecule is CCOC(=O)c1ccc(NC(=O)/C(C#N)=C\c2cccc(OCc3ccccc3F)c2)cc1. The highest BCUT2D eigenvalue weighted by Crippen LogP contribution is 2.19. The van der Waals surface area contributed by atoms with Crippen molar-refractivity contribution in [3.05, 3.63) is 101 Å². The van der Waals surface area contributed by atoms with E-state index in [2.05, 4.69) is 5.32 Å². The first-order valence-corrected chi connectivity index (χ1v) is 10.2. The number of amides is 1. The molecule has 3 aromatic rings. The lowest BCUT2D eigenvalue weighted by Crippen LogP contribution is -2.13. The van der Waals surface area contributed by atoms with Crippen LogP contribution in [0.15, 0.2) is 78.4 Å². The Balaban J connectivity index is 1.68. The van der Waals surface area contributed by atoms with Crippen LogP contribution in [0.4, 0.5) is 10.1 Å². The van der Waals surface area contributed by atoms with Crippen LogP contribution >= 0.6 is 0 Å². The fraction of sp³-hybridized carbons (Fsp3) is 0.115. The molecular weight excluding hydrogens is 423 g/mol. The van der Waals surface area contributed by atoms with Gasteiger partial charge in [-0.3, -0.25) is 4.79 Å². The van der Waals surface area contributed by atoms with E-state index in [9.17, 15) is 19.2 Å². The molecule has 33 heavy (non-hydrogen) atoms. The summed E-state index contributed by atoms with van der Waals surface area (Å²) in [6.45, 7) is 2.03. The van der Waals surface area contributed by atoms with Crippen molar-refractivity contribution < 1.29 is 23.5 Å². The van der Waals surface area contributed by atoms with E-state index in [0.717, 1.165) is 0 Å². The van der Waals surface area contributed by atoms with Crippen LogP contribution in [-0.2, 0) is 16.1 Å². The minimum atomic E-state index is -0.598.